The second-order valence-corrected chi connectivity index (χ2v) is 7.25. The van der Waals surface area contributed by atoms with Gasteiger partial charge in [-0.25, -0.2) is 0 Å². The Balaban J connectivity index is 1.83. The van der Waals surface area contributed by atoms with E-state index in [-0.39, 0.29) is 11.9 Å². The van der Waals surface area contributed by atoms with Crippen LogP contribution in [0.3, 0.4) is 0 Å². The smallest absolute Gasteiger partial charge is 0.241 e. The maximum Gasteiger partial charge on any atom is 0.241 e. The number of benzene rings is 1. The molecule has 1 atom stereocenters. The molecule has 1 aliphatic rings. The average Bonchev–Trinajstić information content (AvgIpc) is 3.21. The number of allylic oxidation sites excluding steroid dienone is 2. The third-order valence-electron chi connectivity index (χ3n) is 5.09. The molecule has 0 bridgehead atoms. The van der Waals surface area contributed by atoms with Gasteiger partial charge in [0.25, 0.3) is 0 Å². The molecule has 1 fully saturated rings. The zero-order valence-electron chi connectivity index (χ0n) is 16.5. The Morgan fingerprint density at radius 1 is 1.33 bits per heavy atom. The van der Waals surface area contributed by atoms with Crippen molar-refractivity contribution in [1.82, 2.24) is 10.3 Å². The van der Waals surface area contributed by atoms with E-state index < -0.39 is 0 Å². The third-order valence-corrected chi connectivity index (χ3v) is 5.09. The van der Waals surface area contributed by atoms with E-state index >= 15 is 0 Å². The number of aryl methyl sites for hydroxylation is 1. The van der Waals surface area contributed by atoms with Crippen LogP contribution in [0.25, 0.3) is 16.7 Å². The SMILES string of the molecule is CCC/C=C(/C)c1cc(-c2cccc(NC(=O)C3CCCN3)c2)cnc1C. The van der Waals surface area contributed by atoms with E-state index in [1.807, 2.05) is 31.3 Å². The van der Waals surface area contributed by atoms with Gasteiger partial charge >= 0.3 is 0 Å². The van der Waals surface area contributed by atoms with E-state index in [0.717, 1.165) is 54.7 Å². The Morgan fingerprint density at radius 2 is 2.19 bits per heavy atom. The van der Waals surface area contributed by atoms with Crippen LogP contribution in [0, 0.1) is 6.92 Å². The summed E-state index contributed by atoms with van der Waals surface area (Å²) in [5.74, 6) is 0.0470. The zero-order valence-corrected chi connectivity index (χ0v) is 16.5. The molecule has 3 rings (SSSR count). The first-order chi connectivity index (χ1) is 13.1. The van der Waals surface area contributed by atoms with Crippen LogP contribution in [-0.4, -0.2) is 23.5 Å². The van der Waals surface area contributed by atoms with Crippen molar-refractivity contribution < 1.29 is 4.79 Å². The van der Waals surface area contributed by atoms with Gasteiger partial charge in [-0.2, -0.15) is 0 Å². The van der Waals surface area contributed by atoms with Crippen LogP contribution in [0.2, 0.25) is 0 Å². The number of carbonyl (C=O) groups is 1. The second kappa shape index (κ2) is 8.96. The number of unbranched alkanes of at least 4 members (excludes halogenated alkanes) is 1. The molecule has 2 aromatic rings. The standard InChI is InChI=1S/C23H29N3O/c1-4-5-8-16(2)21-14-19(15-25-17(21)3)18-9-6-10-20(13-18)26-23(27)22-11-7-12-24-22/h6,8-10,13-15,22,24H,4-5,7,11-12H2,1-3H3,(H,26,27)/b16-8-. The molecule has 0 aliphatic carbocycles. The number of rotatable bonds is 6. The monoisotopic (exact) mass is 363 g/mol. The molecular weight excluding hydrogens is 334 g/mol. The van der Waals surface area contributed by atoms with Crippen molar-refractivity contribution in [2.75, 3.05) is 11.9 Å². The molecule has 142 valence electrons. The van der Waals surface area contributed by atoms with Gasteiger partial charge in [0.1, 0.15) is 0 Å². The first-order valence-corrected chi connectivity index (χ1v) is 9.87. The lowest BCUT2D eigenvalue weighted by atomic mass is 9.99. The van der Waals surface area contributed by atoms with Gasteiger partial charge in [0.2, 0.25) is 5.91 Å². The fourth-order valence-electron chi connectivity index (χ4n) is 3.48. The van der Waals surface area contributed by atoms with Crippen molar-refractivity contribution in [3.8, 4) is 11.1 Å². The molecule has 4 heteroatoms. The van der Waals surface area contributed by atoms with E-state index in [1.165, 1.54) is 11.1 Å². The number of amides is 1. The highest BCUT2D eigenvalue weighted by atomic mass is 16.2. The van der Waals surface area contributed by atoms with Crippen LogP contribution in [0.4, 0.5) is 5.69 Å². The summed E-state index contributed by atoms with van der Waals surface area (Å²) < 4.78 is 0. The van der Waals surface area contributed by atoms with Crippen LogP contribution < -0.4 is 10.6 Å². The number of hydrogen-bond donors (Lipinski definition) is 2. The van der Waals surface area contributed by atoms with Gasteiger partial charge in [-0.3, -0.25) is 9.78 Å². The van der Waals surface area contributed by atoms with Gasteiger partial charge in [-0.15, -0.1) is 0 Å². The predicted octanol–water partition coefficient (Wildman–Crippen LogP) is 4.95. The summed E-state index contributed by atoms with van der Waals surface area (Å²) in [5, 5.41) is 6.27. The summed E-state index contributed by atoms with van der Waals surface area (Å²) in [6.45, 7) is 7.30. The fraction of sp³-hybridized carbons (Fsp3) is 0.391. The minimum Gasteiger partial charge on any atom is -0.325 e. The lowest BCUT2D eigenvalue weighted by molar-refractivity contribution is -0.117. The maximum absolute atomic E-state index is 12.4. The second-order valence-electron chi connectivity index (χ2n) is 7.25. The number of pyridine rings is 1. The molecular formula is C23H29N3O. The maximum atomic E-state index is 12.4. The summed E-state index contributed by atoms with van der Waals surface area (Å²) in [7, 11) is 0. The lowest BCUT2D eigenvalue weighted by Crippen LogP contribution is -2.35. The molecule has 1 saturated heterocycles. The number of anilines is 1. The van der Waals surface area contributed by atoms with Crippen molar-refractivity contribution in [2.45, 2.75) is 52.5 Å². The van der Waals surface area contributed by atoms with Gasteiger partial charge in [-0.05, 0) is 74.6 Å². The topological polar surface area (TPSA) is 54.0 Å². The fourth-order valence-corrected chi connectivity index (χ4v) is 3.48. The molecule has 1 amide bonds. The molecule has 0 saturated carbocycles. The van der Waals surface area contributed by atoms with E-state index in [1.54, 1.807) is 0 Å². The summed E-state index contributed by atoms with van der Waals surface area (Å²) in [6, 6.07) is 10.1. The Bertz CT molecular complexity index is 835. The summed E-state index contributed by atoms with van der Waals surface area (Å²) in [5.41, 5.74) is 6.44. The first kappa shape index (κ1) is 19.3. The molecule has 2 N–H and O–H groups in total. The minimum atomic E-state index is -0.0762. The van der Waals surface area contributed by atoms with Crippen molar-refractivity contribution >= 4 is 17.2 Å². The van der Waals surface area contributed by atoms with Crippen molar-refractivity contribution in [1.29, 1.82) is 0 Å². The third kappa shape index (κ3) is 4.83. The minimum absolute atomic E-state index is 0.0470. The molecule has 1 aromatic heterocycles. The highest BCUT2D eigenvalue weighted by Gasteiger charge is 2.21. The molecule has 1 aromatic carbocycles. The van der Waals surface area contributed by atoms with E-state index in [0.29, 0.717) is 0 Å². The van der Waals surface area contributed by atoms with Gasteiger partial charge in [0.05, 0.1) is 6.04 Å². The zero-order chi connectivity index (χ0) is 19.2. The summed E-state index contributed by atoms with van der Waals surface area (Å²) in [6.07, 6.45) is 8.36. The highest BCUT2D eigenvalue weighted by Crippen LogP contribution is 2.27. The van der Waals surface area contributed by atoms with Crippen molar-refractivity contribution in [3.05, 3.63) is 53.9 Å². The van der Waals surface area contributed by atoms with E-state index in [4.69, 9.17) is 0 Å². The largest absolute Gasteiger partial charge is 0.325 e. The average molecular weight is 364 g/mol. The Morgan fingerprint density at radius 3 is 2.93 bits per heavy atom. The van der Waals surface area contributed by atoms with Crippen LogP contribution in [-0.2, 0) is 4.79 Å². The van der Waals surface area contributed by atoms with E-state index in [2.05, 4.69) is 47.7 Å². The number of aromatic nitrogens is 1. The molecule has 1 aliphatic heterocycles. The number of carbonyl (C=O) groups excluding carboxylic acids is 1. The van der Waals surface area contributed by atoms with E-state index in [9.17, 15) is 4.79 Å². The molecule has 2 heterocycles. The normalized spacial score (nSPS) is 17.1. The van der Waals surface area contributed by atoms with Gasteiger partial charge in [-0.1, -0.05) is 31.6 Å². The quantitative estimate of drug-likeness (QED) is 0.763. The predicted molar refractivity (Wildman–Crippen MR) is 113 cm³/mol. The Labute approximate surface area is 162 Å². The Kier molecular flexibility index (Phi) is 6.40. The van der Waals surface area contributed by atoms with Crippen LogP contribution in [0.1, 0.15) is 50.8 Å². The van der Waals surface area contributed by atoms with Gasteiger partial charge in [0.15, 0.2) is 0 Å². The van der Waals surface area contributed by atoms with Crippen molar-refractivity contribution in [3.63, 3.8) is 0 Å². The van der Waals surface area contributed by atoms with Gasteiger partial charge in [0, 0.05) is 23.1 Å². The lowest BCUT2D eigenvalue weighted by Gasteiger charge is -2.13. The first-order valence-electron chi connectivity index (χ1n) is 9.87. The highest BCUT2D eigenvalue weighted by molar-refractivity contribution is 5.95. The summed E-state index contributed by atoms with van der Waals surface area (Å²) in [4.78, 5) is 17.0. The van der Waals surface area contributed by atoms with Crippen LogP contribution >= 0.6 is 0 Å². The molecule has 27 heavy (non-hydrogen) atoms. The van der Waals surface area contributed by atoms with Crippen LogP contribution in [0.5, 0.6) is 0 Å². The molecule has 0 spiro atoms. The molecule has 4 nitrogen and oxygen atoms in total. The molecule has 0 radical (unpaired) electrons. The number of hydrogen-bond acceptors (Lipinski definition) is 3. The van der Waals surface area contributed by atoms with Crippen molar-refractivity contribution in [2.24, 2.45) is 0 Å². The molecule has 1 unspecified atom stereocenters. The van der Waals surface area contributed by atoms with Gasteiger partial charge < -0.3 is 10.6 Å². The number of nitrogens with one attached hydrogen (secondary N) is 2. The number of nitrogens with zero attached hydrogens (tertiary/aromatic N) is 1. The van der Waals surface area contributed by atoms with Crippen LogP contribution in [0.15, 0.2) is 42.6 Å². The summed E-state index contributed by atoms with van der Waals surface area (Å²) >= 11 is 0. The Hall–Kier alpha value is -2.46.